The molecule has 2 rings (SSSR count). The Morgan fingerprint density at radius 3 is 2.48 bits per heavy atom. The first-order valence-electron chi connectivity index (χ1n) is 5.79. The van der Waals surface area contributed by atoms with Crippen molar-refractivity contribution < 1.29 is 15.0 Å². The lowest BCUT2D eigenvalue weighted by Gasteiger charge is -2.06. The summed E-state index contributed by atoms with van der Waals surface area (Å²) in [5, 5.41) is 23.2. The van der Waals surface area contributed by atoms with E-state index in [1.165, 1.54) is 12.3 Å². The average Bonchev–Trinajstić information content (AvgIpc) is 2.51. The Hall–Kier alpha value is -1.86. The third-order valence-corrected chi connectivity index (χ3v) is 3.96. The number of hydrogen-bond acceptors (Lipinski definition) is 4. The highest BCUT2D eigenvalue weighted by atomic mass is 79.9. The number of hydrazone groups is 1. The summed E-state index contributed by atoms with van der Waals surface area (Å²) < 4.78 is 0.538. The Labute approximate surface area is 137 Å². The average molecular weight is 414 g/mol. The summed E-state index contributed by atoms with van der Waals surface area (Å²) in [7, 11) is 0. The van der Waals surface area contributed by atoms with Crippen molar-refractivity contribution in [2.75, 3.05) is 0 Å². The van der Waals surface area contributed by atoms with Crippen LogP contribution in [0.25, 0.3) is 0 Å². The molecule has 0 aliphatic rings. The second-order valence-electron chi connectivity index (χ2n) is 4.02. The topological polar surface area (TPSA) is 81.9 Å². The van der Waals surface area contributed by atoms with Gasteiger partial charge in [-0.2, -0.15) is 5.10 Å². The van der Waals surface area contributed by atoms with Crippen LogP contribution in [0.15, 0.2) is 50.4 Å². The van der Waals surface area contributed by atoms with Crippen LogP contribution in [-0.4, -0.2) is 22.3 Å². The van der Waals surface area contributed by atoms with Gasteiger partial charge in [-0.15, -0.1) is 0 Å². The fraction of sp³-hybridized carbons (Fsp3) is 0. The number of nitrogens with one attached hydrogen (secondary N) is 1. The summed E-state index contributed by atoms with van der Waals surface area (Å²) in [4.78, 5) is 11.8. The summed E-state index contributed by atoms with van der Waals surface area (Å²) in [6.07, 6.45) is 1.28. The van der Waals surface area contributed by atoms with Crippen molar-refractivity contribution in [1.29, 1.82) is 0 Å². The van der Waals surface area contributed by atoms with Crippen LogP contribution in [0, 0.1) is 0 Å². The molecule has 0 aromatic heterocycles. The molecule has 0 spiro atoms. The van der Waals surface area contributed by atoms with Gasteiger partial charge in [0.25, 0.3) is 5.91 Å². The normalized spacial score (nSPS) is 10.8. The summed E-state index contributed by atoms with van der Waals surface area (Å²) in [6.45, 7) is 0. The van der Waals surface area contributed by atoms with Gasteiger partial charge < -0.3 is 10.2 Å². The molecule has 1 amide bonds. The predicted molar refractivity (Wildman–Crippen MR) is 86.7 cm³/mol. The molecule has 0 saturated carbocycles. The fourth-order valence-corrected chi connectivity index (χ4v) is 2.68. The zero-order valence-electron chi connectivity index (χ0n) is 10.5. The standard InChI is InChI=1S/C14H10Br2N2O3/c15-10-6-9(12(19)11(16)13(10)20)7-17-18-14(21)8-4-2-1-3-5-8/h1-7,19-20H,(H,18,21)/b17-7+. The van der Waals surface area contributed by atoms with Gasteiger partial charge in [0, 0.05) is 11.1 Å². The maximum Gasteiger partial charge on any atom is 0.271 e. The molecule has 21 heavy (non-hydrogen) atoms. The first kappa shape index (κ1) is 15.5. The maximum atomic E-state index is 11.8. The quantitative estimate of drug-likeness (QED) is 0.532. The molecule has 3 N–H and O–H groups in total. The summed E-state index contributed by atoms with van der Waals surface area (Å²) >= 11 is 6.21. The van der Waals surface area contributed by atoms with E-state index in [1.54, 1.807) is 24.3 Å². The lowest BCUT2D eigenvalue weighted by atomic mass is 10.2. The van der Waals surface area contributed by atoms with Crippen LogP contribution < -0.4 is 5.43 Å². The maximum absolute atomic E-state index is 11.8. The van der Waals surface area contributed by atoms with Gasteiger partial charge in [0.15, 0.2) is 0 Å². The zero-order valence-corrected chi connectivity index (χ0v) is 13.7. The number of phenols is 2. The van der Waals surface area contributed by atoms with Gasteiger partial charge in [-0.05, 0) is 50.1 Å². The SMILES string of the molecule is O=C(N/N=C/c1cc(Br)c(O)c(Br)c1O)c1ccccc1. The predicted octanol–water partition coefficient (Wildman–Crippen LogP) is 3.39. The largest absolute Gasteiger partial charge is 0.506 e. The molecular weight excluding hydrogens is 404 g/mol. The summed E-state index contributed by atoms with van der Waals surface area (Å²) in [5.74, 6) is -0.644. The monoisotopic (exact) mass is 412 g/mol. The van der Waals surface area contributed by atoms with E-state index in [0.717, 1.165) is 0 Å². The van der Waals surface area contributed by atoms with Gasteiger partial charge in [0.1, 0.15) is 16.0 Å². The number of amides is 1. The molecule has 2 aromatic rings. The highest BCUT2D eigenvalue weighted by molar-refractivity contribution is 9.11. The van der Waals surface area contributed by atoms with E-state index in [2.05, 4.69) is 42.4 Å². The number of carbonyl (C=O) groups is 1. The van der Waals surface area contributed by atoms with Crippen LogP contribution in [-0.2, 0) is 0 Å². The molecule has 0 atom stereocenters. The van der Waals surface area contributed by atoms with E-state index >= 15 is 0 Å². The Kier molecular flexibility index (Phi) is 4.98. The van der Waals surface area contributed by atoms with E-state index < -0.39 is 0 Å². The molecule has 5 nitrogen and oxygen atoms in total. The number of benzene rings is 2. The molecule has 108 valence electrons. The highest BCUT2D eigenvalue weighted by Gasteiger charge is 2.12. The summed E-state index contributed by atoms with van der Waals surface area (Å²) in [5.41, 5.74) is 3.17. The van der Waals surface area contributed by atoms with Crippen LogP contribution in [0.2, 0.25) is 0 Å². The van der Waals surface area contributed by atoms with E-state index in [0.29, 0.717) is 15.6 Å². The van der Waals surface area contributed by atoms with Crippen molar-refractivity contribution >= 4 is 44.0 Å². The van der Waals surface area contributed by atoms with E-state index in [4.69, 9.17) is 0 Å². The van der Waals surface area contributed by atoms with Gasteiger partial charge in [0.2, 0.25) is 0 Å². The van der Waals surface area contributed by atoms with Gasteiger partial charge in [-0.3, -0.25) is 4.79 Å². The fourth-order valence-electron chi connectivity index (χ4n) is 1.53. The van der Waals surface area contributed by atoms with E-state index in [-0.39, 0.29) is 21.9 Å². The van der Waals surface area contributed by atoms with Crippen LogP contribution >= 0.6 is 31.9 Å². The molecule has 0 bridgehead atoms. The smallest absolute Gasteiger partial charge is 0.271 e. The Bertz CT molecular complexity index is 703. The minimum Gasteiger partial charge on any atom is -0.506 e. The van der Waals surface area contributed by atoms with Crippen molar-refractivity contribution in [3.05, 3.63) is 56.5 Å². The van der Waals surface area contributed by atoms with Crippen molar-refractivity contribution in [1.82, 2.24) is 5.43 Å². The molecule has 2 aromatic carbocycles. The van der Waals surface area contributed by atoms with Crippen LogP contribution in [0.1, 0.15) is 15.9 Å². The second-order valence-corrected chi connectivity index (χ2v) is 5.67. The van der Waals surface area contributed by atoms with Crippen molar-refractivity contribution in [2.45, 2.75) is 0 Å². The van der Waals surface area contributed by atoms with Gasteiger partial charge in [-0.25, -0.2) is 5.43 Å². The third kappa shape index (κ3) is 3.62. The van der Waals surface area contributed by atoms with Gasteiger partial charge in [-0.1, -0.05) is 18.2 Å². The van der Waals surface area contributed by atoms with Crippen molar-refractivity contribution in [3.8, 4) is 11.5 Å². The number of carbonyl (C=O) groups excluding carboxylic acids is 1. The number of nitrogens with zero attached hydrogens (tertiary/aromatic N) is 1. The van der Waals surface area contributed by atoms with Crippen LogP contribution in [0.5, 0.6) is 11.5 Å². The molecule has 0 aliphatic carbocycles. The Morgan fingerprint density at radius 2 is 1.81 bits per heavy atom. The van der Waals surface area contributed by atoms with Crippen LogP contribution in [0.4, 0.5) is 0 Å². The van der Waals surface area contributed by atoms with Crippen LogP contribution in [0.3, 0.4) is 0 Å². The first-order chi connectivity index (χ1) is 10.0. The summed E-state index contributed by atoms with van der Waals surface area (Å²) in [6, 6.07) is 10.1. The van der Waals surface area contributed by atoms with Crippen molar-refractivity contribution in [3.63, 3.8) is 0 Å². The lowest BCUT2D eigenvalue weighted by molar-refractivity contribution is 0.0955. The van der Waals surface area contributed by atoms with Gasteiger partial charge >= 0.3 is 0 Å². The molecule has 0 fully saturated rings. The number of aromatic hydroxyl groups is 2. The number of rotatable bonds is 3. The molecule has 0 radical (unpaired) electrons. The third-order valence-electron chi connectivity index (χ3n) is 2.60. The zero-order chi connectivity index (χ0) is 15.4. The van der Waals surface area contributed by atoms with Crippen molar-refractivity contribution in [2.24, 2.45) is 5.10 Å². The molecule has 0 aliphatic heterocycles. The Morgan fingerprint density at radius 1 is 1.14 bits per heavy atom. The van der Waals surface area contributed by atoms with Gasteiger partial charge in [0.05, 0.1) is 10.7 Å². The molecule has 0 heterocycles. The lowest BCUT2D eigenvalue weighted by Crippen LogP contribution is -2.17. The van der Waals surface area contributed by atoms with E-state index in [9.17, 15) is 15.0 Å². The van der Waals surface area contributed by atoms with E-state index in [1.807, 2.05) is 6.07 Å². The Balaban J connectivity index is 2.14. The number of halogens is 2. The number of phenolic OH excluding ortho intramolecular Hbond substituents is 2. The highest BCUT2D eigenvalue weighted by Crippen LogP contribution is 2.40. The molecule has 7 heteroatoms. The molecular formula is C14H10Br2N2O3. The molecule has 0 saturated heterocycles. The molecule has 0 unspecified atom stereocenters. The second kappa shape index (κ2) is 6.73. The number of hydrogen-bond donors (Lipinski definition) is 3. The minimum absolute atomic E-state index is 0.113. The minimum atomic E-state index is -0.358. The first-order valence-corrected chi connectivity index (χ1v) is 7.37.